The second-order valence-electron chi connectivity index (χ2n) is 12.0. The molecule has 0 aliphatic rings. The Morgan fingerprint density at radius 1 is 0.818 bits per heavy atom. The quantitative estimate of drug-likeness (QED) is 0.120. The summed E-state index contributed by atoms with van der Waals surface area (Å²) < 4.78 is 12.7. The van der Waals surface area contributed by atoms with Crippen LogP contribution in [0.2, 0.25) is 15.1 Å². The SMILES string of the molecule is C=C(OC)C(CC)(CC)Oc1ccc(Cl)cc1C(C/C(C)=C/C)C(c1ccc(Cl)cc1C)C(CCC)c1cc(Cl)ccc1C. The van der Waals surface area contributed by atoms with Gasteiger partial charge < -0.3 is 9.47 Å². The van der Waals surface area contributed by atoms with Crippen LogP contribution in [-0.2, 0) is 4.74 Å². The highest BCUT2D eigenvalue weighted by molar-refractivity contribution is 6.31. The molecule has 0 aliphatic carbocycles. The van der Waals surface area contributed by atoms with Gasteiger partial charge in [0.15, 0.2) is 5.60 Å². The van der Waals surface area contributed by atoms with Crippen LogP contribution in [0.25, 0.3) is 0 Å². The number of hydrogen-bond acceptors (Lipinski definition) is 2. The molecule has 0 amide bonds. The first-order valence-electron chi connectivity index (χ1n) is 15.8. The molecular formula is C39H49Cl3O2. The van der Waals surface area contributed by atoms with Crippen LogP contribution in [0.5, 0.6) is 5.75 Å². The maximum absolute atomic E-state index is 7.01. The fraction of sp³-hybridized carbons (Fsp3) is 0.436. The van der Waals surface area contributed by atoms with Crippen molar-refractivity contribution in [2.45, 2.75) is 104 Å². The van der Waals surface area contributed by atoms with E-state index >= 15 is 0 Å². The first kappa shape index (κ1) is 36.1. The third-order valence-corrected chi connectivity index (χ3v) is 10.0. The molecule has 5 heteroatoms. The molecule has 0 saturated heterocycles. The average Bonchev–Trinajstić information content (AvgIpc) is 3.01. The highest BCUT2D eigenvalue weighted by atomic mass is 35.5. The van der Waals surface area contributed by atoms with Crippen molar-refractivity contribution in [3.05, 3.63) is 121 Å². The molecule has 3 aromatic rings. The van der Waals surface area contributed by atoms with Crippen molar-refractivity contribution in [3.63, 3.8) is 0 Å². The molecule has 0 heterocycles. The van der Waals surface area contributed by atoms with Crippen molar-refractivity contribution in [2.75, 3.05) is 7.11 Å². The number of methoxy groups -OCH3 is 1. The van der Waals surface area contributed by atoms with Gasteiger partial charge in [0.05, 0.1) is 7.11 Å². The predicted octanol–water partition coefficient (Wildman–Crippen LogP) is 13.2. The Morgan fingerprint density at radius 2 is 1.41 bits per heavy atom. The molecule has 0 N–H and O–H groups in total. The van der Waals surface area contributed by atoms with E-state index in [-0.39, 0.29) is 17.8 Å². The van der Waals surface area contributed by atoms with Gasteiger partial charge in [0.25, 0.3) is 0 Å². The summed E-state index contributed by atoms with van der Waals surface area (Å²) in [6, 6.07) is 18.6. The molecule has 0 bridgehead atoms. The summed E-state index contributed by atoms with van der Waals surface area (Å²) in [7, 11) is 1.66. The lowest BCUT2D eigenvalue weighted by Gasteiger charge is -2.39. The van der Waals surface area contributed by atoms with Crippen LogP contribution >= 0.6 is 34.8 Å². The zero-order chi connectivity index (χ0) is 32.6. The van der Waals surface area contributed by atoms with Gasteiger partial charge in [-0.3, -0.25) is 0 Å². The van der Waals surface area contributed by atoms with E-state index in [0.717, 1.165) is 53.5 Å². The minimum atomic E-state index is -0.671. The maximum atomic E-state index is 7.01. The zero-order valence-electron chi connectivity index (χ0n) is 27.7. The Balaban J connectivity index is 2.43. The van der Waals surface area contributed by atoms with Gasteiger partial charge in [0.1, 0.15) is 11.5 Å². The van der Waals surface area contributed by atoms with Gasteiger partial charge in [-0.25, -0.2) is 0 Å². The number of benzene rings is 3. The summed E-state index contributed by atoms with van der Waals surface area (Å²) in [5, 5.41) is 2.16. The highest BCUT2D eigenvalue weighted by Crippen LogP contribution is 2.52. The first-order valence-corrected chi connectivity index (χ1v) is 16.9. The fourth-order valence-electron chi connectivity index (χ4n) is 6.62. The van der Waals surface area contributed by atoms with Gasteiger partial charge in [-0.15, -0.1) is 0 Å². The molecule has 3 atom stereocenters. The van der Waals surface area contributed by atoms with E-state index in [9.17, 15) is 0 Å². The number of aryl methyl sites for hydroxylation is 2. The molecule has 0 spiro atoms. The summed E-state index contributed by atoms with van der Waals surface area (Å²) in [5.41, 5.74) is 6.65. The van der Waals surface area contributed by atoms with Gasteiger partial charge in [0.2, 0.25) is 0 Å². The molecule has 44 heavy (non-hydrogen) atoms. The second kappa shape index (κ2) is 16.3. The molecule has 0 saturated carbocycles. The van der Waals surface area contributed by atoms with Crippen LogP contribution in [0.3, 0.4) is 0 Å². The molecule has 3 unspecified atom stereocenters. The van der Waals surface area contributed by atoms with Crippen molar-refractivity contribution in [1.29, 1.82) is 0 Å². The molecular weight excluding hydrogens is 607 g/mol. The minimum absolute atomic E-state index is 0.0249. The largest absolute Gasteiger partial charge is 0.497 e. The maximum Gasteiger partial charge on any atom is 0.164 e. The smallest absolute Gasteiger partial charge is 0.164 e. The molecule has 0 fully saturated rings. The van der Waals surface area contributed by atoms with Gasteiger partial charge in [-0.1, -0.05) is 92.4 Å². The van der Waals surface area contributed by atoms with Crippen LogP contribution in [0.4, 0.5) is 0 Å². The highest BCUT2D eigenvalue weighted by Gasteiger charge is 2.39. The van der Waals surface area contributed by atoms with Crippen molar-refractivity contribution in [2.24, 2.45) is 0 Å². The standard InChI is InChI=1S/C39H49Cl3O2/c1-10-14-33(34-23-30(41)16-15-26(34)6)38(32-19-17-29(40)22-27(32)7)36(21-25(5)11-2)35-24-31(42)18-20-37(35)44-39(12-3,13-4)28(8)43-9/h11,15-20,22-24,33,36,38H,8,10,12-14,21H2,1-7,9H3/b25-11+. The Bertz CT molecular complexity index is 1450. The van der Waals surface area contributed by atoms with Crippen molar-refractivity contribution >= 4 is 34.8 Å². The lowest BCUT2D eigenvalue weighted by Crippen LogP contribution is -2.38. The fourth-order valence-corrected chi connectivity index (χ4v) is 7.20. The van der Waals surface area contributed by atoms with E-state index in [2.05, 4.69) is 91.5 Å². The monoisotopic (exact) mass is 654 g/mol. The number of rotatable bonds is 15. The molecule has 3 rings (SSSR count). The summed E-state index contributed by atoms with van der Waals surface area (Å²) in [6.07, 6.45) is 6.49. The van der Waals surface area contributed by atoms with Gasteiger partial charge in [-0.05, 0) is 141 Å². The normalized spacial score (nSPS) is 14.2. The number of ether oxygens (including phenoxy) is 2. The van der Waals surface area contributed by atoms with Gasteiger partial charge in [0, 0.05) is 15.1 Å². The van der Waals surface area contributed by atoms with E-state index < -0.39 is 5.60 Å². The third kappa shape index (κ3) is 8.25. The topological polar surface area (TPSA) is 18.5 Å². The number of halogens is 3. The third-order valence-electron chi connectivity index (χ3n) is 9.31. The summed E-state index contributed by atoms with van der Waals surface area (Å²) in [5.74, 6) is 1.70. The van der Waals surface area contributed by atoms with Crippen molar-refractivity contribution in [1.82, 2.24) is 0 Å². The summed E-state index contributed by atoms with van der Waals surface area (Å²) in [6.45, 7) is 19.4. The van der Waals surface area contributed by atoms with Gasteiger partial charge >= 0.3 is 0 Å². The Hall–Kier alpha value is -2.39. The lowest BCUT2D eigenvalue weighted by atomic mass is 9.66. The Labute approximate surface area is 281 Å². The van der Waals surface area contributed by atoms with Crippen molar-refractivity contribution < 1.29 is 9.47 Å². The summed E-state index contributed by atoms with van der Waals surface area (Å²) >= 11 is 20.0. The van der Waals surface area contributed by atoms with Crippen molar-refractivity contribution in [3.8, 4) is 5.75 Å². The molecule has 3 aromatic carbocycles. The molecule has 0 aliphatic heterocycles. The lowest BCUT2D eigenvalue weighted by molar-refractivity contribution is 0.0389. The molecule has 0 radical (unpaired) electrons. The number of hydrogen-bond donors (Lipinski definition) is 0. The van der Waals surface area contributed by atoms with E-state index in [0.29, 0.717) is 10.8 Å². The van der Waals surface area contributed by atoms with Crippen LogP contribution in [0, 0.1) is 13.8 Å². The Kier molecular flexibility index (Phi) is 13.3. The second-order valence-corrected chi connectivity index (χ2v) is 13.3. The minimum Gasteiger partial charge on any atom is -0.497 e. The number of allylic oxidation sites excluding steroid dienone is 2. The van der Waals surface area contributed by atoms with Crippen LogP contribution in [0.1, 0.15) is 112 Å². The average molecular weight is 656 g/mol. The molecule has 0 aromatic heterocycles. The molecule has 2 nitrogen and oxygen atoms in total. The van der Waals surface area contributed by atoms with E-state index in [1.165, 1.54) is 27.8 Å². The van der Waals surface area contributed by atoms with Gasteiger partial charge in [-0.2, -0.15) is 0 Å². The molecule has 238 valence electrons. The summed E-state index contributed by atoms with van der Waals surface area (Å²) in [4.78, 5) is 0. The van der Waals surface area contributed by atoms with Crippen LogP contribution in [0.15, 0.2) is 78.6 Å². The first-order chi connectivity index (χ1) is 20.9. The van der Waals surface area contributed by atoms with E-state index in [1.807, 2.05) is 24.3 Å². The van der Waals surface area contributed by atoms with E-state index in [4.69, 9.17) is 44.3 Å². The van der Waals surface area contributed by atoms with Crippen LogP contribution < -0.4 is 4.74 Å². The Morgan fingerprint density at radius 3 is 1.98 bits per heavy atom. The predicted molar refractivity (Wildman–Crippen MR) is 191 cm³/mol. The van der Waals surface area contributed by atoms with E-state index in [1.54, 1.807) is 7.11 Å². The van der Waals surface area contributed by atoms with Crippen LogP contribution in [-0.4, -0.2) is 12.7 Å². The zero-order valence-corrected chi connectivity index (χ0v) is 30.0.